The molecule has 4 atom stereocenters. The topological polar surface area (TPSA) is 205 Å². The van der Waals surface area contributed by atoms with Crippen molar-refractivity contribution in [1.82, 2.24) is 31.2 Å². The zero-order valence-electron chi connectivity index (χ0n) is 24.7. The molecule has 5 rings (SSSR count). The van der Waals surface area contributed by atoms with Crippen LogP contribution in [-0.4, -0.2) is 76.5 Å². The van der Waals surface area contributed by atoms with Crippen LogP contribution in [0.3, 0.4) is 0 Å². The minimum Gasteiger partial charge on any atom is -0.483 e. The first-order valence-corrected chi connectivity index (χ1v) is 14.6. The molecule has 14 heteroatoms. The average molecular weight is 611 g/mol. The van der Waals surface area contributed by atoms with E-state index in [4.69, 9.17) is 19.1 Å². The van der Waals surface area contributed by atoms with Gasteiger partial charge in [-0.3, -0.25) is 24.0 Å². The van der Waals surface area contributed by atoms with Crippen LogP contribution in [0.2, 0.25) is 0 Å². The maximum absolute atomic E-state index is 13.6. The third-order valence-electron chi connectivity index (χ3n) is 7.55. The predicted octanol–water partition coefficient (Wildman–Crippen LogP) is 1.65. The maximum atomic E-state index is 13.6. The standard InChI is InChI=1S/C29H36N6O6.CH2O2/c1-16-29-35-24(17(2)41-29)28(39)30-12-6-5-10-21(33-27(38)23-11-7-13-40-23)25(36)34-22(26(37)32-16)14-18-15-31-20-9-4-3-8-19(18)20;2-1-3/h3-4,8-9,15-16,21-23,31H,5-7,10-14H2,1-2H3,(H,30,39)(H,32,37)(H,33,38)(H,34,36);1H,(H,2,3)/t16-,21+,22-,23-;/m1./s1. The number of H-pyrrole nitrogens is 1. The van der Waals surface area contributed by atoms with Crippen LogP contribution in [0, 0.1) is 6.92 Å². The van der Waals surface area contributed by atoms with E-state index >= 15 is 0 Å². The van der Waals surface area contributed by atoms with Gasteiger partial charge in [-0.2, -0.15) is 0 Å². The highest BCUT2D eigenvalue weighted by Gasteiger charge is 2.32. The highest BCUT2D eigenvalue weighted by molar-refractivity contribution is 5.94. The van der Waals surface area contributed by atoms with Crippen LogP contribution in [-0.2, 0) is 30.3 Å². The van der Waals surface area contributed by atoms with Gasteiger partial charge < -0.3 is 40.5 Å². The molecule has 1 saturated heterocycles. The van der Waals surface area contributed by atoms with Gasteiger partial charge in [0.25, 0.3) is 12.4 Å². The van der Waals surface area contributed by atoms with Gasteiger partial charge in [0.2, 0.25) is 23.6 Å². The van der Waals surface area contributed by atoms with E-state index in [9.17, 15) is 19.2 Å². The number of benzene rings is 1. The number of nitrogens with zero attached hydrogens (tertiary/aromatic N) is 1. The predicted molar refractivity (Wildman–Crippen MR) is 158 cm³/mol. The second-order valence-corrected chi connectivity index (χ2v) is 10.7. The van der Waals surface area contributed by atoms with E-state index in [-0.39, 0.29) is 36.3 Å². The van der Waals surface area contributed by atoms with Crippen molar-refractivity contribution in [3.63, 3.8) is 0 Å². The monoisotopic (exact) mass is 610 g/mol. The summed E-state index contributed by atoms with van der Waals surface area (Å²) in [6.07, 6.45) is 4.26. The third kappa shape index (κ3) is 8.01. The van der Waals surface area contributed by atoms with Crippen LogP contribution in [0.4, 0.5) is 0 Å². The van der Waals surface area contributed by atoms with Gasteiger partial charge in [0, 0.05) is 36.7 Å². The summed E-state index contributed by atoms with van der Waals surface area (Å²) in [6, 6.07) is 5.21. The van der Waals surface area contributed by atoms with E-state index in [0.29, 0.717) is 44.6 Å². The minimum absolute atomic E-state index is 0.165. The normalized spacial score (nSPS) is 23.1. The number of carbonyl (C=O) groups is 5. The fraction of sp³-hybridized carbons (Fsp3) is 0.467. The lowest BCUT2D eigenvalue weighted by Crippen LogP contribution is -2.55. The van der Waals surface area contributed by atoms with Crippen molar-refractivity contribution in [1.29, 1.82) is 0 Å². The van der Waals surface area contributed by atoms with Crippen molar-refractivity contribution in [2.75, 3.05) is 13.2 Å². The molecule has 2 aliphatic rings. The highest BCUT2D eigenvalue weighted by Crippen LogP contribution is 2.21. The zero-order valence-corrected chi connectivity index (χ0v) is 24.7. The number of oxazole rings is 1. The van der Waals surface area contributed by atoms with Crippen LogP contribution in [0.25, 0.3) is 10.9 Å². The lowest BCUT2D eigenvalue weighted by Gasteiger charge is -2.25. The van der Waals surface area contributed by atoms with Gasteiger partial charge in [0.1, 0.15) is 30.0 Å². The van der Waals surface area contributed by atoms with E-state index in [0.717, 1.165) is 22.9 Å². The van der Waals surface area contributed by atoms with E-state index in [1.807, 2.05) is 30.5 Å². The van der Waals surface area contributed by atoms with Gasteiger partial charge in [-0.25, -0.2) is 4.98 Å². The average Bonchev–Trinajstić information content (AvgIpc) is 3.76. The van der Waals surface area contributed by atoms with Crippen molar-refractivity contribution >= 4 is 41.0 Å². The van der Waals surface area contributed by atoms with Crippen molar-refractivity contribution < 1.29 is 38.2 Å². The molecule has 0 aliphatic carbocycles. The number of fused-ring (bicyclic) bond motifs is 3. The molecular formula is C30H38N6O8. The lowest BCUT2D eigenvalue weighted by molar-refractivity contribution is -0.135. The molecule has 2 aromatic heterocycles. The van der Waals surface area contributed by atoms with Crippen molar-refractivity contribution in [3.05, 3.63) is 53.4 Å². The van der Waals surface area contributed by atoms with E-state index < -0.39 is 36.0 Å². The number of ether oxygens (including phenoxy) is 1. The smallest absolute Gasteiger partial charge is 0.290 e. The Kier molecular flexibility index (Phi) is 11.1. The van der Waals surface area contributed by atoms with E-state index in [1.54, 1.807) is 13.8 Å². The Hall–Kier alpha value is -4.72. The Bertz CT molecular complexity index is 1480. The van der Waals surface area contributed by atoms with Crippen molar-refractivity contribution in [2.24, 2.45) is 0 Å². The molecule has 14 nitrogen and oxygen atoms in total. The molecule has 0 spiro atoms. The fourth-order valence-electron chi connectivity index (χ4n) is 5.27. The maximum Gasteiger partial charge on any atom is 0.290 e. The molecule has 1 fully saturated rings. The molecule has 4 amide bonds. The summed E-state index contributed by atoms with van der Waals surface area (Å²) < 4.78 is 11.2. The molecule has 0 saturated carbocycles. The quantitative estimate of drug-likeness (QED) is 0.237. The van der Waals surface area contributed by atoms with Crippen molar-refractivity contribution in [3.8, 4) is 0 Å². The minimum atomic E-state index is -0.960. The lowest BCUT2D eigenvalue weighted by atomic mass is 10.0. The molecule has 44 heavy (non-hydrogen) atoms. The summed E-state index contributed by atoms with van der Waals surface area (Å²) in [4.78, 5) is 68.8. The highest BCUT2D eigenvalue weighted by atomic mass is 16.5. The van der Waals surface area contributed by atoms with Crippen LogP contribution >= 0.6 is 0 Å². The fourth-order valence-corrected chi connectivity index (χ4v) is 5.27. The van der Waals surface area contributed by atoms with Gasteiger partial charge in [0.15, 0.2) is 5.69 Å². The first-order chi connectivity index (χ1) is 21.2. The third-order valence-corrected chi connectivity index (χ3v) is 7.55. The Morgan fingerprint density at radius 3 is 2.64 bits per heavy atom. The molecule has 236 valence electrons. The summed E-state index contributed by atoms with van der Waals surface area (Å²) in [5.74, 6) is -1.09. The number of amides is 4. The first-order valence-electron chi connectivity index (χ1n) is 14.6. The number of rotatable bonds is 4. The number of hydrogen-bond acceptors (Lipinski definition) is 8. The summed E-state index contributed by atoms with van der Waals surface area (Å²) in [5, 5.41) is 19.3. The SMILES string of the molecule is Cc1oc2nc1C(=O)NCCCC[C@H](NC(=O)[C@H]1CCCO1)C(=O)N[C@H](Cc1c[nH]c3ccccc13)C(=O)N[C@@H]2C.O=CO. The number of hydrogen-bond donors (Lipinski definition) is 6. The van der Waals surface area contributed by atoms with Crippen LogP contribution in [0.1, 0.15) is 72.8 Å². The van der Waals surface area contributed by atoms with Gasteiger partial charge in [-0.1, -0.05) is 18.2 Å². The largest absolute Gasteiger partial charge is 0.483 e. The number of carbonyl (C=O) groups excluding carboxylic acids is 4. The number of aryl methyl sites for hydroxylation is 1. The molecule has 6 N–H and O–H groups in total. The molecule has 2 aliphatic heterocycles. The van der Waals surface area contributed by atoms with Gasteiger partial charge >= 0.3 is 0 Å². The number of para-hydroxylation sites is 1. The molecule has 0 radical (unpaired) electrons. The van der Waals surface area contributed by atoms with Crippen LogP contribution < -0.4 is 21.3 Å². The van der Waals surface area contributed by atoms with Gasteiger partial charge in [0.05, 0.1) is 0 Å². The van der Waals surface area contributed by atoms with Crippen LogP contribution in [0.15, 0.2) is 34.9 Å². The summed E-state index contributed by atoms with van der Waals surface area (Å²) >= 11 is 0. The van der Waals surface area contributed by atoms with Crippen molar-refractivity contribution in [2.45, 2.75) is 76.6 Å². The Labute approximate surface area is 253 Å². The van der Waals surface area contributed by atoms with Crippen LogP contribution in [0.5, 0.6) is 0 Å². The Morgan fingerprint density at radius 1 is 1.11 bits per heavy atom. The molecule has 2 bridgehead atoms. The molecule has 4 heterocycles. The number of carboxylic acid groups (broad SMARTS) is 1. The molecule has 1 aromatic carbocycles. The summed E-state index contributed by atoms with van der Waals surface area (Å²) in [6.45, 7) is 3.97. The number of aromatic amines is 1. The van der Waals surface area contributed by atoms with E-state index in [2.05, 4.69) is 31.2 Å². The zero-order chi connectivity index (χ0) is 31.6. The Balaban J connectivity index is 0.00000141. The number of nitrogens with one attached hydrogen (secondary N) is 5. The van der Waals surface area contributed by atoms with Gasteiger partial charge in [-0.05, 0) is 57.6 Å². The molecule has 0 unspecified atom stereocenters. The second kappa shape index (κ2) is 15.1. The van der Waals surface area contributed by atoms with E-state index in [1.165, 1.54) is 0 Å². The number of aromatic nitrogens is 2. The molecular weight excluding hydrogens is 572 g/mol. The second-order valence-electron chi connectivity index (χ2n) is 10.7. The summed E-state index contributed by atoms with van der Waals surface area (Å²) in [5.41, 5.74) is 1.94. The van der Waals surface area contributed by atoms with Gasteiger partial charge in [-0.15, -0.1) is 0 Å². The Morgan fingerprint density at radius 2 is 1.89 bits per heavy atom. The summed E-state index contributed by atoms with van der Waals surface area (Å²) in [7, 11) is 0. The first kappa shape index (κ1) is 32.2. The molecule has 3 aromatic rings.